The maximum Gasteiger partial charge on any atom is 0.323 e. The standard InChI is InChI=1S/C19H27NO4S/c1-4-5-6-7-11-18(24)25-13-16(21)20(12-17(22)23)19-14(2)9-8-10-15(19)3/h8-10H,4-7,11-13H2,1-3H3,(H,22,23). The van der Waals surface area contributed by atoms with Crippen LogP contribution in [0.1, 0.15) is 50.2 Å². The summed E-state index contributed by atoms with van der Waals surface area (Å²) in [5.74, 6) is -1.47. The number of hydrogen-bond acceptors (Lipinski definition) is 4. The minimum Gasteiger partial charge on any atom is -0.480 e. The second-order valence-electron chi connectivity index (χ2n) is 6.09. The van der Waals surface area contributed by atoms with E-state index in [1.807, 2.05) is 32.0 Å². The Hall–Kier alpha value is -1.82. The fraction of sp³-hybridized carbons (Fsp3) is 0.526. The molecule has 0 fully saturated rings. The number of carbonyl (C=O) groups is 3. The first-order chi connectivity index (χ1) is 11.9. The van der Waals surface area contributed by atoms with Crippen molar-refractivity contribution < 1.29 is 19.5 Å². The van der Waals surface area contributed by atoms with E-state index in [0.717, 1.165) is 48.6 Å². The Morgan fingerprint density at radius 2 is 1.72 bits per heavy atom. The minimum absolute atomic E-state index is 0.0127. The number of aryl methyl sites for hydroxylation is 2. The number of para-hydroxylation sites is 1. The van der Waals surface area contributed by atoms with Crippen LogP contribution in [0.2, 0.25) is 0 Å². The molecule has 0 saturated heterocycles. The highest BCUT2D eigenvalue weighted by Gasteiger charge is 2.22. The van der Waals surface area contributed by atoms with Gasteiger partial charge in [0, 0.05) is 6.42 Å². The van der Waals surface area contributed by atoms with Crippen molar-refractivity contribution in [2.75, 3.05) is 17.2 Å². The van der Waals surface area contributed by atoms with Crippen LogP contribution < -0.4 is 4.90 Å². The zero-order valence-corrected chi connectivity index (χ0v) is 16.0. The van der Waals surface area contributed by atoms with Gasteiger partial charge in [-0.1, -0.05) is 56.1 Å². The molecule has 0 aliphatic heterocycles. The van der Waals surface area contributed by atoms with Gasteiger partial charge in [0.15, 0.2) is 5.12 Å². The first-order valence-electron chi connectivity index (χ1n) is 8.60. The molecule has 1 aromatic carbocycles. The molecule has 25 heavy (non-hydrogen) atoms. The summed E-state index contributed by atoms with van der Waals surface area (Å²) in [7, 11) is 0. The molecule has 1 N–H and O–H groups in total. The van der Waals surface area contributed by atoms with Gasteiger partial charge in [0.2, 0.25) is 5.91 Å². The highest BCUT2D eigenvalue weighted by molar-refractivity contribution is 8.14. The molecule has 138 valence electrons. The van der Waals surface area contributed by atoms with Crippen molar-refractivity contribution in [3.05, 3.63) is 29.3 Å². The van der Waals surface area contributed by atoms with Crippen LogP contribution in [-0.2, 0) is 14.4 Å². The van der Waals surface area contributed by atoms with Crippen LogP contribution in [0.5, 0.6) is 0 Å². The average Bonchev–Trinajstić information content (AvgIpc) is 2.55. The van der Waals surface area contributed by atoms with Crippen LogP contribution in [0, 0.1) is 13.8 Å². The van der Waals surface area contributed by atoms with E-state index in [9.17, 15) is 14.4 Å². The Balaban J connectivity index is 2.72. The number of amides is 1. The highest BCUT2D eigenvalue weighted by atomic mass is 32.2. The average molecular weight is 365 g/mol. The van der Waals surface area contributed by atoms with E-state index in [1.165, 1.54) is 4.90 Å². The second-order valence-corrected chi connectivity index (χ2v) is 7.12. The Labute approximate surface area is 153 Å². The lowest BCUT2D eigenvalue weighted by Gasteiger charge is -2.24. The van der Waals surface area contributed by atoms with Gasteiger partial charge in [-0.25, -0.2) is 0 Å². The minimum atomic E-state index is -1.08. The predicted octanol–water partition coefficient (Wildman–Crippen LogP) is 3.95. The van der Waals surface area contributed by atoms with Gasteiger partial charge in [0.1, 0.15) is 6.54 Å². The zero-order chi connectivity index (χ0) is 18.8. The number of benzene rings is 1. The fourth-order valence-corrected chi connectivity index (χ4v) is 3.38. The molecule has 0 atom stereocenters. The van der Waals surface area contributed by atoms with Gasteiger partial charge in [0.25, 0.3) is 0 Å². The molecule has 0 saturated carbocycles. The Bertz CT molecular complexity index is 595. The molecule has 0 aliphatic rings. The maximum atomic E-state index is 12.6. The number of rotatable bonds is 10. The lowest BCUT2D eigenvalue weighted by molar-refractivity contribution is -0.136. The molecule has 0 heterocycles. The molecule has 0 aliphatic carbocycles. The lowest BCUT2D eigenvalue weighted by Crippen LogP contribution is -2.38. The molecule has 6 heteroatoms. The summed E-state index contributed by atoms with van der Waals surface area (Å²) >= 11 is 0.981. The largest absolute Gasteiger partial charge is 0.480 e. The van der Waals surface area contributed by atoms with Crippen LogP contribution >= 0.6 is 11.8 Å². The van der Waals surface area contributed by atoms with Crippen molar-refractivity contribution in [1.82, 2.24) is 0 Å². The summed E-state index contributed by atoms with van der Waals surface area (Å²) < 4.78 is 0. The summed E-state index contributed by atoms with van der Waals surface area (Å²) in [5, 5.41) is 9.14. The van der Waals surface area contributed by atoms with Crippen LogP contribution in [-0.4, -0.2) is 34.4 Å². The van der Waals surface area contributed by atoms with Crippen molar-refractivity contribution >= 4 is 34.4 Å². The number of unbranched alkanes of at least 4 members (excludes halogenated alkanes) is 3. The molecule has 1 amide bonds. The Morgan fingerprint density at radius 1 is 1.08 bits per heavy atom. The van der Waals surface area contributed by atoms with Crippen LogP contribution in [0.25, 0.3) is 0 Å². The van der Waals surface area contributed by atoms with E-state index < -0.39 is 12.5 Å². The molecule has 0 spiro atoms. The molecule has 5 nitrogen and oxygen atoms in total. The van der Waals surface area contributed by atoms with Gasteiger partial charge in [-0.3, -0.25) is 19.3 Å². The quantitative estimate of drug-likeness (QED) is 0.636. The van der Waals surface area contributed by atoms with E-state index in [2.05, 4.69) is 6.92 Å². The van der Waals surface area contributed by atoms with Crippen molar-refractivity contribution in [2.45, 2.75) is 52.9 Å². The van der Waals surface area contributed by atoms with Gasteiger partial charge in [-0.15, -0.1) is 0 Å². The Morgan fingerprint density at radius 3 is 2.28 bits per heavy atom. The topological polar surface area (TPSA) is 74.7 Å². The maximum absolute atomic E-state index is 12.6. The summed E-state index contributed by atoms with van der Waals surface area (Å²) in [6, 6.07) is 5.55. The van der Waals surface area contributed by atoms with Gasteiger partial charge in [0.05, 0.1) is 11.4 Å². The number of aliphatic carboxylic acids is 1. The normalized spacial score (nSPS) is 10.5. The van der Waals surface area contributed by atoms with Gasteiger partial charge >= 0.3 is 5.97 Å². The molecule has 0 bridgehead atoms. The fourth-order valence-electron chi connectivity index (χ4n) is 2.65. The third-order valence-corrected chi connectivity index (χ3v) is 4.81. The molecule has 0 radical (unpaired) electrons. The van der Waals surface area contributed by atoms with Crippen molar-refractivity contribution in [3.63, 3.8) is 0 Å². The monoisotopic (exact) mass is 365 g/mol. The lowest BCUT2D eigenvalue weighted by atomic mass is 10.1. The number of nitrogens with zero attached hydrogens (tertiary/aromatic N) is 1. The molecule has 0 unspecified atom stereocenters. The number of thioether (sulfide) groups is 1. The Kier molecular flexibility index (Phi) is 9.27. The predicted molar refractivity (Wildman–Crippen MR) is 102 cm³/mol. The first kappa shape index (κ1) is 21.2. The van der Waals surface area contributed by atoms with Crippen molar-refractivity contribution in [1.29, 1.82) is 0 Å². The first-order valence-corrected chi connectivity index (χ1v) is 9.59. The van der Waals surface area contributed by atoms with E-state index in [1.54, 1.807) is 0 Å². The van der Waals surface area contributed by atoms with Crippen LogP contribution in [0.4, 0.5) is 5.69 Å². The number of carboxylic acids is 1. The summed E-state index contributed by atoms with van der Waals surface area (Å²) in [5.41, 5.74) is 2.29. The molecule has 0 aromatic heterocycles. The van der Waals surface area contributed by atoms with E-state index in [4.69, 9.17) is 5.11 Å². The second kappa shape index (κ2) is 10.9. The van der Waals surface area contributed by atoms with Crippen molar-refractivity contribution in [3.8, 4) is 0 Å². The molecule has 1 rings (SSSR count). The van der Waals surface area contributed by atoms with Crippen LogP contribution in [0.3, 0.4) is 0 Å². The summed E-state index contributed by atoms with van der Waals surface area (Å²) in [6.07, 6.45) is 4.53. The smallest absolute Gasteiger partial charge is 0.323 e. The molecular weight excluding hydrogens is 338 g/mol. The van der Waals surface area contributed by atoms with Crippen molar-refractivity contribution in [2.24, 2.45) is 0 Å². The molecular formula is C19H27NO4S. The number of anilines is 1. The summed E-state index contributed by atoms with van der Waals surface area (Å²) in [4.78, 5) is 36.9. The highest BCUT2D eigenvalue weighted by Crippen LogP contribution is 2.25. The third kappa shape index (κ3) is 7.30. The van der Waals surface area contributed by atoms with Gasteiger partial charge in [-0.2, -0.15) is 0 Å². The van der Waals surface area contributed by atoms with Gasteiger partial charge in [-0.05, 0) is 31.4 Å². The van der Waals surface area contributed by atoms with E-state index >= 15 is 0 Å². The number of hydrogen-bond donors (Lipinski definition) is 1. The third-order valence-electron chi connectivity index (χ3n) is 3.89. The number of carbonyl (C=O) groups excluding carboxylic acids is 2. The van der Waals surface area contributed by atoms with Gasteiger partial charge < -0.3 is 5.11 Å². The zero-order valence-electron chi connectivity index (χ0n) is 15.2. The van der Waals surface area contributed by atoms with E-state index in [0.29, 0.717) is 12.1 Å². The summed E-state index contributed by atoms with van der Waals surface area (Å²) in [6.45, 7) is 5.39. The SMILES string of the molecule is CCCCCCC(=O)SCC(=O)N(CC(=O)O)c1c(C)cccc1C. The van der Waals surface area contributed by atoms with Crippen LogP contribution in [0.15, 0.2) is 18.2 Å². The molecule has 1 aromatic rings. The number of carboxylic acid groups (broad SMARTS) is 1. The van der Waals surface area contributed by atoms with E-state index in [-0.39, 0.29) is 16.8 Å².